The van der Waals surface area contributed by atoms with Crippen LogP contribution in [0.5, 0.6) is 0 Å². The number of hydrogen-bond donors (Lipinski definition) is 1. The molecule has 1 amide bonds. The van der Waals surface area contributed by atoms with Crippen LogP contribution < -0.4 is 0 Å². The molecule has 2 heterocycles. The van der Waals surface area contributed by atoms with Gasteiger partial charge in [0.2, 0.25) is 11.5 Å². The van der Waals surface area contributed by atoms with Crippen LogP contribution in [0.25, 0.3) is 0 Å². The van der Waals surface area contributed by atoms with Gasteiger partial charge in [-0.05, 0) is 12.2 Å². The molecule has 9 heteroatoms. The van der Waals surface area contributed by atoms with E-state index in [4.69, 9.17) is 0 Å². The minimum absolute atomic E-state index is 0.0867. The second-order valence-electron chi connectivity index (χ2n) is 5.42. The van der Waals surface area contributed by atoms with Gasteiger partial charge in [0, 0.05) is 38.3 Å². The first-order valence-corrected chi connectivity index (χ1v) is 7.92. The lowest BCUT2D eigenvalue weighted by Crippen LogP contribution is -2.49. The molecule has 1 fully saturated rings. The Labute approximate surface area is 130 Å². The number of halogens is 3. The first-order chi connectivity index (χ1) is 10.2. The summed E-state index contributed by atoms with van der Waals surface area (Å²) < 4.78 is 41.2. The Bertz CT molecular complexity index is 543. The predicted molar refractivity (Wildman–Crippen MR) is 76.3 cm³/mol. The Kier molecular flexibility index (Phi) is 4.76. The number of aryl methyl sites for hydroxylation is 1. The molecule has 22 heavy (non-hydrogen) atoms. The molecule has 0 aliphatic carbocycles. The van der Waals surface area contributed by atoms with Gasteiger partial charge in [-0.25, -0.2) is 4.98 Å². The highest BCUT2D eigenvalue weighted by Gasteiger charge is 2.59. The Morgan fingerprint density at radius 3 is 2.73 bits per heavy atom. The van der Waals surface area contributed by atoms with Crippen molar-refractivity contribution < 1.29 is 23.1 Å². The fourth-order valence-electron chi connectivity index (χ4n) is 2.44. The minimum Gasteiger partial charge on any atom is -0.374 e. The maximum atomic E-state index is 13.4. The molecule has 0 bridgehead atoms. The lowest BCUT2D eigenvalue weighted by molar-refractivity contribution is -0.272. The number of aliphatic hydroxyl groups is 1. The van der Waals surface area contributed by atoms with Crippen molar-refractivity contribution in [1.82, 2.24) is 14.5 Å². The second kappa shape index (κ2) is 6.11. The number of aromatic nitrogens is 2. The monoisotopic (exact) mass is 337 g/mol. The van der Waals surface area contributed by atoms with E-state index in [0.29, 0.717) is 5.75 Å². The molecule has 1 aromatic rings. The van der Waals surface area contributed by atoms with Gasteiger partial charge in [0.15, 0.2) is 5.82 Å². The number of amides is 1. The Balaban J connectivity index is 2.24. The van der Waals surface area contributed by atoms with Crippen LogP contribution >= 0.6 is 11.8 Å². The van der Waals surface area contributed by atoms with Crippen molar-refractivity contribution in [2.75, 3.05) is 18.6 Å². The van der Waals surface area contributed by atoms with E-state index in [1.54, 1.807) is 11.8 Å². The highest BCUT2D eigenvalue weighted by molar-refractivity contribution is 7.99. The van der Waals surface area contributed by atoms with Crippen molar-refractivity contribution in [3.8, 4) is 0 Å². The second-order valence-corrected chi connectivity index (χ2v) is 6.57. The largest absolute Gasteiger partial charge is 0.425 e. The molecule has 1 N–H and O–H groups in total. The number of imidazole rings is 1. The van der Waals surface area contributed by atoms with E-state index in [0.717, 1.165) is 22.9 Å². The molecule has 0 saturated carbocycles. The molecule has 0 radical (unpaired) electrons. The predicted octanol–water partition coefficient (Wildman–Crippen LogP) is 1.52. The van der Waals surface area contributed by atoms with Gasteiger partial charge in [-0.15, -0.1) is 0 Å². The van der Waals surface area contributed by atoms with Gasteiger partial charge in [0.05, 0.1) is 6.42 Å². The summed E-state index contributed by atoms with van der Waals surface area (Å²) in [7, 11) is 2.83. The van der Waals surface area contributed by atoms with Gasteiger partial charge in [0.1, 0.15) is 0 Å². The number of thioether (sulfide) groups is 1. The molecule has 1 aliphatic rings. The summed E-state index contributed by atoms with van der Waals surface area (Å²) in [5.41, 5.74) is -3.29. The average molecular weight is 337 g/mol. The molecule has 1 aromatic heterocycles. The summed E-state index contributed by atoms with van der Waals surface area (Å²) in [6, 6.07) is -0.0867. The molecule has 2 rings (SSSR count). The molecule has 0 spiro atoms. The first kappa shape index (κ1) is 17.1. The maximum absolute atomic E-state index is 13.4. The molecule has 5 nitrogen and oxygen atoms in total. The SMILES string of the molecule is CN(C(=O)CC(O)(c1nccn1C)C(F)(F)F)C1CCSC1. The molecule has 2 unspecified atom stereocenters. The first-order valence-electron chi connectivity index (χ1n) is 6.77. The van der Waals surface area contributed by atoms with E-state index in [9.17, 15) is 23.1 Å². The smallest absolute Gasteiger partial charge is 0.374 e. The van der Waals surface area contributed by atoms with E-state index in [1.807, 2.05) is 0 Å². The fourth-order valence-corrected chi connectivity index (χ4v) is 3.71. The number of nitrogens with zero attached hydrogens (tertiary/aromatic N) is 3. The molecule has 0 aromatic carbocycles. The number of rotatable bonds is 4. The topological polar surface area (TPSA) is 58.4 Å². The third-order valence-electron chi connectivity index (χ3n) is 3.91. The van der Waals surface area contributed by atoms with Crippen LogP contribution in [0.2, 0.25) is 0 Å². The van der Waals surface area contributed by atoms with Crippen molar-refractivity contribution in [3.05, 3.63) is 18.2 Å². The van der Waals surface area contributed by atoms with Gasteiger partial charge in [-0.3, -0.25) is 4.79 Å². The fraction of sp³-hybridized carbons (Fsp3) is 0.692. The van der Waals surface area contributed by atoms with Crippen molar-refractivity contribution in [2.24, 2.45) is 7.05 Å². The van der Waals surface area contributed by atoms with E-state index in [-0.39, 0.29) is 6.04 Å². The van der Waals surface area contributed by atoms with E-state index in [2.05, 4.69) is 4.98 Å². The third-order valence-corrected chi connectivity index (χ3v) is 5.06. The average Bonchev–Trinajstić information content (AvgIpc) is 3.07. The highest BCUT2D eigenvalue weighted by Crippen LogP contribution is 2.41. The van der Waals surface area contributed by atoms with Gasteiger partial charge < -0.3 is 14.6 Å². The zero-order valence-electron chi connectivity index (χ0n) is 12.3. The quantitative estimate of drug-likeness (QED) is 0.905. The van der Waals surface area contributed by atoms with Gasteiger partial charge in [-0.1, -0.05) is 0 Å². The van der Waals surface area contributed by atoms with Crippen LogP contribution in [0, 0.1) is 0 Å². The van der Waals surface area contributed by atoms with Crippen LogP contribution in [0.4, 0.5) is 13.2 Å². The van der Waals surface area contributed by atoms with Crippen LogP contribution in [-0.4, -0.2) is 56.2 Å². The Morgan fingerprint density at radius 2 is 2.27 bits per heavy atom. The van der Waals surface area contributed by atoms with Crippen molar-refractivity contribution in [2.45, 2.75) is 30.7 Å². The molecule has 2 atom stereocenters. The van der Waals surface area contributed by atoms with Gasteiger partial charge >= 0.3 is 6.18 Å². The van der Waals surface area contributed by atoms with Crippen LogP contribution in [0.3, 0.4) is 0 Å². The highest BCUT2D eigenvalue weighted by atomic mass is 32.2. The normalized spacial score (nSPS) is 21.6. The van der Waals surface area contributed by atoms with E-state index < -0.39 is 29.9 Å². The van der Waals surface area contributed by atoms with Crippen LogP contribution in [-0.2, 0) is 17.4 Å². The summed E-state index contributed by atoms with van der Waals surface area (Å²) in [5, 5.41) is 10.2. The van der Waals surface area contributed by atoms with Crippen molar-refractivity contribution in [3.63, 3.8) is 0 Å². The summed E-state index contributed by atoms with van der Waals surface area (Å²) >= 11 is 1.66. The molecule has 1 saturated heterocycles. The Morgan fingerprint density at radius 1 is 1.59 bits per heavy atom. The standard InChI is InChI=1S/C13H18F3N3O2S/c1-18-5-4-17-11(18)12(21,13(14,15)16)7-10(20)19(2)9-3-6-22-8-9/h4-5,9,21H,3,6-8H2,1-2H3. The summed E-state index contributed by atoms with van der Waals surface area (Å²) in [6.07, 6.45) is -2.85. The zero-order chi connectivity index (χ0) is 16.5. The van der Waals surface area contributed by atoms with Crippen molar-refractivity contribution >= 4 is 17.7 Å². The van der Waals surface area contributed by atoms with E-state index in [1.165, 1.54) is 25.2 Å². The summed E-state index contributed by atoms with van der Waals surface area (Å²) in [5.74, 6) is 0.262. The lowest BCUT2D eigenvalue weighted by Gasteiger charge is -2.32. The number of carbonyl (C=O) groups is 1. The van der Waals surface area contributed by atoms with Gasteiger partial charge in [0.25, 0.3) is 0 Å². The van der Waals surface area contributed by atoms with Crippen molar-refractivity contribution in [1.29, 1.82) is 0 Å². The Hall–Kier alpha value is -1.22. The third kappa shape index (κ3) is 3.10. The van der Waals surface area contributed by atoms with Crippen LogP contribution in [0.15, 0.2) is 12.4 Å². The number of carbonyl (C=O) groups excluding carboxylic acids is 1. The summed E-state index contributed by atoms with van der Waals surface area (Å²) in [6.45, 7) is 0. The lowest BCUT2D eigenvalue weighted by atomic mass is 9.96. The van der Waals surface area contributed by atoms with Gasteiger partial charge in [-0.2, -0.15) is 24.9 Å². The number of hydrogen-bond acceptors (Lipinski definition) is 4. The summed E-state index contributed by atoms with van der Waals surface area (Å²) in [4.78, 5) is 17.1. The maximum Gasteiger partial charge on any atom is 0.425 e. The van der Waals surface area contributed by atoms with E-state index >= 15 is 0 Å². The van der Waals surface area contributed by atoms with Crippen LogP contribution in [0.1, 0.15) is 18.7 Å². The molecule has 124 valence electrons. The molecular formula is C13H18F3N3O2S. The molecule has 1 aliphatic heterocycles. The minimum atomic E-state index is -4.99. The molecular weight excluding hydrogens is 319 g/mol. The number of alkyl halides is 3. The zero-order valence-corrected chi connectivity index (χ0v) is 13.1.